The SMILES string of the molecule is CCC(OC)c1noc(C(C)C2CNC2)n1. The largest absolute Gasteiger partial charge is 0.373 e. The summed E-state index contributed by atoms with van der Waals surface area (Å²) < 4.78 is 10.6. The average molecular weight is 225 g/mol. The number of rotatable bonds is 5. The van der Waals surface area contributed by atoms with E-state index in [-0.39, 0.29) is 6.10 Å². The molecule has 0 saturated carbocycles. The maximum absolute atomic E-state index is 5.30. The maximum Gasteiger partial charge on any atom is 0.229 e. The first-order valence-corrected chi connectivity index (χ1v) is 5.83. The fourth-order valence-electron chi connectivity index (χ4n) is 1.88. The van der Waals surface area contributed by atoms with Crippen molar-refractivity contribution in [2.24, 2.45) is 5.92 Å². The summed E-state index contributed by atoms with van der Waals surface area (Å²) in [4.78, 5) is 4.42. The third kappa shape index (κ3) is 2.10. The van der Waals surface area contributed by atoms with Crippen molar-refractivity contribution in [3.05, 3.63) is 11.7 Å². The lowest BCUT2D eigenvalue weighted by Gasteiger charge is -2.30. The Morgan fingerprint density at radius 1 is 1.56 bits per heavy atom. The standard InChI is InChI=1S/C11H19N3O2/c1-4-9(15-3)10-13-11(16-14-10)7(2)8-5-12-6-8/h7-9,12H,4-6H2,1-3H3. The van der Waals surface area contributed by atoms with E-state index in [4.69, 9.17) is 9.26 Å². The predicted molar refractivity (Wildman–Crippen MR) is 59.1 cm³/mol. The first kappa shape index (κ1) is 11.5. The van der Waals surface area contributed by atoms with Gasteiger partial charge in [-0.05, 0) is 25.4 Å². The molecule has 0 radical (unpaired) electrons. The van der Waals surface area contributed by atoms with E-state index in [1.165, 1.54) is 0 Å². The van der Waals surface area contributed by atoms with E-state index in [0.717, 1.165) is 25.4 Å². The Balaban J connectivity index is 2.05. The van der Waals surface area contributed by atoms with Crippen LogP contribution in [0.3, 0.4) is 0 Å². The van der Waals surface area contributed by atoms with Gasteiger partial charge in [-0.15, -0.1) is 0 Å². The quantitative estimate of drug-likeness (QED) is 0.822. The molecule has 5 nitrogen and oxygen atoms in total. The van der Waals surface area contributed by atoms with Crippen molar-refractivity contribution in [1.82, 2.24) is 15.5 Å². The van der Waals surface area contributed by atoms with Gasteiger partial charge in [-0.3, -0.25) is 0 Å². The molecule has 5 heteroatoms. The van der Waals surface area contributed by atoms with Crippen LogP contribution < -0.4 is 5.32 Å². The number of nitrogens with one attached hydrogen (secondary N) is 1. The molecule has 0 bridgehead atoms. The van der Waals surface area contributed by atoms with E-state index < -0.39 is 0 Å². The average Bonchev–Trinajstić information content (AvgIpc) is 2.66. The van der Waals surface area contributed by atoms with Gasteiger partial charge in [-0.2, -0.15) is 4.98 Å². The zero-order chi connectivity index (χ0) is 11.5. The minimum absolute atomic E-state index is 0.0517. The molecule has 1 fully saturated rings. The first-order chi connectivity index (χ1) is 7.76. The molecule has 0 aliphatic carbocycles. The van der Waals surface area contributed by atoms with Gasteiger partial charge in [0.1, 0.15) is 6.10 Å². The summed E-state index contributed by atoms with van der Waals surface area (Å²) in [6.45, 7) is 6.26. The third-order valence-corrected chi connectivity index (χ3v) is 3.31. The molecule has 1 aromatic rings. The van der Waals surface area contributed by atoms with Gasteiger partial charge in [0.2, 0.25) is 11.7 Å². The van der Waals surface area contributed by atoms with Crippen molar-refractivity contribution in [3.63, 3.8) is 0 Å². The highest BCUT2D eigenvalue weighted by Gasteiger charge is 2.29. The third-order valence-electron chi connectivity index (χ3n) is 3.31. The lowest BCUT2D eigenvalue weighted by atomic mass is 9.89. The van der Waals surface area contributed by atoms with E-state index in [1.54, 1.807) is 7.11 Å². The smallest absolute Gasteiger partial charge is 0.229 e. The fraction of sp³-hybridized carbons (Fsp3) is 0.818. The second-order valence-electron chi connectivity index (χ2n) is 4.33. The van der Waals surface area contributed by atoms with Gasteiger partial charge >= 0.3 is 0 Å². The monoisotopic (exact) mass is 225 g/mol. The minimum Gasteiger partial charge on any atom is -0.373 e. The van der Waals surface area contributed by atoms with Gasteiger partial charge < -0.3 is 14.6 Å². The van der Waals surface area contributed by atoms with E-state index in [2.05, 4.69) is 22.4 Å². The lowest BCUT2D eigenvalue weighted by molar-refractivity contribution is 0.0903. The Hall–Kier alpha value is -0.940. The Bertz CT molecular complexity index is 332. The molecule has 1 saturated heterocycles. The lowest BCUT2D eigenvalue weighted by Crippen LogP contribution is -2.44. The van der Waals surface area contributed by atoms with Crippen molar-refractivity contribution >= 4 is 0 Å². The highest BCUT2D eigenvalue weighted by atomic mass is 16.5. The molecule has 1 aromatic heterocycles. The molecular formula is C11H19N3O2. The van der Waals surface area contributed by atoms with Gasteiger partial charge in [0.05, 0.1) is 0 Å². The van der Waals surface area contributed by atoms with Gasteiger partial charge in [0.25, 0.3) is 0 Å². The Labute approximate surface area is 95.6 Å². The molecule has 1 aliphatic heterocycles. The number of aromatic nitrogens is 2. The normalized spacial score (nSPS) is 20.4. The summed E-state index contributed by atoms with van der Waals surface area (Å²) in [6.07, 6.45) is 0.804. The first-order valence-electron chi connectivity index (χ1n) is 5.83. The van der Waals surface area contributed by atoms with E-state index in [9.17, 15) is 0 Å². The maximum atomic E-state index is 5.30. The minimum atomic E-state index is -0.0517. The second kappa shape index (κ2) is 4.93. The van der Waals surface area contributed by atoms with Crippen LogP contribution >= 0.6 is 0 Å². The predicted octanol–water partition coefficient (Wildman–Crippen LogP) is 1.49. The second-order valence-corrected chi connectivity index (χ2v) is 4.33. The van der Waals surface area contributed by atoms with Gasteiger partial charge in [-0.1, -0.05) is 19.0 Å². The van der Waals surface area contributed by atoms with Gasteiger partial charge in [0, 0.05) is 13.0 Å². The Morgan fingerprint density at radius 2 is 2.31 bits per heavy atom. The molecule has 1 N–H and O–H groups in total. The summed E-state index contributed by atoms with van der Waals surface area (Å²) in [5.74, 6) is 2.35. The molecular weight excluding hydrogens is 206 g/mol. The van der Waals surface area contributed by atoms with Crippen LogP contribution in [0.1, 0.15) is 44.0 Å². The molecule has 16 heavy (non-hydrogen) atoms. The molecule has 2 rings (SSSR count). The van der Waals surface area contributed by atoms with Crippen molar-refractivity contribution in [2.75, 3.05) is 20.2 Å². The van der Waals surface area contributed by atoms with Crippen LogP contribution in [0.4, 0.5) is 0 Å². The van der Waals surface area contributed by atoms with Gasteiger partial charge in [-0.25, -0.2) is 0 Å². The van der Waals surface area contributed by atoms with Crippen LogP contribution in [0, 0.1) is 5.92 Å². The van der Waals surface area contributed by atoms with Crippen LogP contribution in [-0.2, 0) is 4.74 Å². The number of hydrogen-bond donors (Lipinski definition) is 1. The van der Waals surface area contributed by atoms with Crippen LogP contribution in [0.5, 0.6) is 0 Å². The van der Waals surface area contributed by atoms with Gasteiger partial charge in [0.15, 0.2) is 0 Å². The molecule has 2 unspecified atom stereocenters. The van der Waals surface area contributed by atoms with Crippen LogP contribution in [0.25, 0.3) is 0 Å². The van der Waals surface area contributed by atoms with E-state index >= 15 is 0 Å². The van der Waals surface area contributed by atoms with E-state index in [1.807, 2.05) is 6.92 Å². The molecule has 0 amide bonds. The molecule has 2 heterocycles. The molecule has 0 spiro atoms. The number of ether oxygens (including phenoxy) is 1. The van der Waals surface area contributed by atoms with Crippen molar-refractivity contribution in [3.8, 4) is 0 Å². The van der Waals surface area contributed by atoms with Crippen molar-refractivity contribution < 1.29 is 9.26 Å². The van der Waals surface area contributed by atoms with Crippen molar-refractivity contribution in [1.29, 1.82) is 0 Å². The zero-order valence-corrected chi connectivity index (χ0v) is 10.1. The number of methoxy groups -OCH3 is 1. The number of hydrogen-bond acceptors (Lipinski definition) is 5. The van der Waals surface area contributed by atoms with Crippen LogP contribution in [-0.4, -0.2) is 30.3 Å². The van der Waals surface area contributed by atoms with Crippen LogP contribution in [0.15, 0.2) is 4.52 Å². The summed E-state index contributed by atoms with van der Waals surface area (Å²) in [5.41, 5.74) is 0. The summed E-state index contributed by atoms with van der Waals surface area (Å²) in [5, 5.41) is 7.24. The van der Waals surface area contributed by atoms with Crippen molar-refractivity contribution in [2.45, 2.75) is 32.3 Å². The Morgan fingerprint density at radius 3 is 2.81 bits per heavy atom. The summed E-state index contributed by atoms with van der Waals surface area (Å²) in [7, 11) is 1.67. The van der Waals surface area contributed by atoms with Crippen LogP contribution in [0.2, 0.25) is 0 Å². The summed E-state index contributed by atoms with van der Waals surface area (Å²) in [6, 6.07) is 0. The molecule has 90 valence electrons. The van der Waals surface area contributed by atoms with E-state index in [0.29, 0.717) is 17.7 Å². The molecule has 1 aliphatic rings. The number of nitrogens with zero attached hydrogens (tertiary/aromatic N) is 2. The zero-order valence-electron chi connectivity index (χ0n) is 10.1. The molecule has 0 aromatic carbocycles. The fourth-order valence-corrected chi connectivity index (χ4v) is 1.88. The highest BCUT2D eigenvalue weighted by Crippen LogP contribution is 2.27. The highest BCUT2D eigenvalue weighted by molar-refractivity contribution is 5.00. The summed E-state index contributed by atoms with van der Waals surface area (Å²) >= 11 is 0. The Kier molecular flexibility index (Phi) is 3.56. The molecule has 2 atom stereocenters. The topological polar surface area (TPSA) is 60.2 Å².